The van der Waals surface area contributed by atoms with Crippen molar-refractivity contribution in [3.8, 4) is 0 Å². The van der Waals surface area contributed by atoms with E-state index in [2.05, 4.69) is 37.2 Å². The van der Waals surface area contributed by atoms with Gasteiger partial charge in [-0.05, 0) is 25.5 Å². The van der Waals surface area contributed by atoms with Crippen LogP contribution in [-0.4, -0.2) is 27.6 Å². The predicted molar refractivity (Wildman–Crippen MR) is 73.2 cm³/mol. The van der Waals surface area contributed by atoms with Gasteiger partial charge in [-0.2, -0.15) is 4.98 Å². The summed E-state index contributed by atoms with van der Waals surface area (Å²) < 4.78 is 4.60. The molecule has 0 fully saturated rings. The molecule has 0 spiro atoms. The fourth-order valence-corrected chi connectivity index (χ4v) is 1.67. The minimum Gasteiger partial charge on any atom is -0.370 e. The molecule has 2 N–H and O–H groups in total. The molecule has 0 aliphatic rings. The van der Waals surface area contributed by atoms with Crippen LogP contribution in [0.3, 0.4) is 0 Å². The number of carbonyl (C=O) groups excluding carboxylic acids is 1. The third-order valence-electron chi connectivity index (χ3n) is 2.59. The van der Waals surface area contributed by atoms with Gasteiger partial charge in [-0.3, -0.25) is 4.79 Å². The Balaban J connectivity index is 2.02. The molecule has 0 saturated carbocycles. The number of aromatic nitrogens is 3. The van der Waals surface area contributed by atoms with E-state index in [0.717, 1.165) is 18.7 Å². The number of pyridine rings is 1. The monoisotopic (exact) mass is 275 g/mol. The number of carbonyl (C=O) groups is 1. The van der Waals surface area contributed by atoms with E-state index in [1.807, 2.05) is 6.92 Å². The van der Waals surface area contributed by atoms with Gasteiger partial charge in [-0.15, -0.1) is 0 Å². The molecule has 0 aliphatic heterocycles. The topological polar surface area (TPSA) is 92.9 Å². The highest BCUT2D eigenvalue weighted by molar-refractivity contribution is 5.94. The van der Waals surface area contributed by atoms with Gasteiger partial charge in [0.15, 0.2) is 5.82 Å². The molecule has 0 saturated heterocycles. The molecule has 1 amide bonds. The van der Waals surface area contributed by atoms with Crippen molar-refractivity contribution in [2.24, 2.45) is 0 Å². The zero-order valence-corrected chi connectivity index (χ0v) is 11.5. The van der Waals surface area contributed by atoms with Crippen molar-refractivity contribution >= 4 is 11.7 Å². The number of rotatable bonds is 6. The van der Waals surface area contributed by atoms with E-state index in [4.69, 9.17) is 0 Å². The van der Waals surface area contributed by atoms with Crippen LogP contribution in [0.5, 0.6) is 0 Å². The molecule has 106 valence electrons. The van der Waals surface area contributed by atoms with Crippen LogP contribution >= 0.6 is 0 Å². The van der Waals surface area contributed by atoms with Gasteiger partial charge in [0.2, 0.25) is 6.39 Å². The molecule has 2 heterocycles. The van der Waals surface area contributed by atoms with Crippen molar-refractivity contribution in [1.29, 1.82) is 0 Å². The molecule has 2 rings (SSSR count). The van der Waals surface area contributed by atoms with Crippen LogP contribution in [0, 0.1) is 6.92 Å². The second-order valence-corrected chi connectivity index (χ2v) is 4.34. The van der Waals surface area contributed by atoms with Crippen LogP contribution in [0.25, 0.3) is 0 Å². The number of nitrogens with zero attached hydrogens (tertiary/aromatic N) is 3. The SMILES string of the molecule is CCCNc1cc(C(=O)NCc2ncon2)cc(C)n1. The molecule has 7 heteroatoms. The van der Waals surface area contributed by atoms with Crippen molar-refractivity contribution in [3.05, 3.63) is 35.6 Å². The van der Waals surface area contributed by atoms with Gasteiger partial charge < -0.3 is 15.2 Å². The molecule has 7 nitrogen and oxygen atoms in total. The van der Waals surface area contributed by atoms with Crippen LogP contribution in [0.2, 0.25) is 0 Å². The molecular weight excluding hydrogens is 258 g/mol. The molecule has 20 heavy (non-hydrogen) atoms. The van der Waals surface area contributed by atoms with E-state index in [1.165, 1.54) is 6.39 Å². The lowest BCUT2D eigenvalue weighted by molar-refractivity contribution is 0.0949. The summed E-state index contributed by atoms with van der Waals surface area (Å²) in [6.45, 7) is 4.98. The van der Waals surface area contributed by atoms with Gasteiger partial charge in [0.25, 0.3) is 5.91 Å². The maximum atomic E-state index is 12.1. The van der Waals surface area contributed by atoms with E-state index in [1.54, 1.807) is 12.1 Å². The zero-order chi connectivity index (χ0) is 14.4. The van der Waals surface area contributed by atoms with Crippen molar-refractivity contribution in [2.45, 2.75) is 26.8 Å². The minimum absolute atomic E-state index is 0.195. The lowest BCUT2D eigenvalue weighted by atomic mass is 10.2. The first-order chi connectivity index (χ1) is 9.69. The van der Waals surface area contributed by atoms with Gasteiger partial charge >= 0.3 is 0 Å². The van der Waals surface area contributed by atoms with Crippen LogP contribution < -0.4 is 10.6 Å². The summed E-state index contributed by atoms with van der Waals surface area (Å²) in [6.07, 6.45) is 2.22. The summed E-state index contributed by atoms with van der Waals surface area (Å²) in [5, 5.41) is 9.53. The molecule has 0 aliphatic carbocycles. The third-order valence-corrected chi connectivity index (χ3v) is 2.59. The molecule has 0 unspecified atom stereocenters. The fraction of sp³-hybridized carbons (Fsp3) is 0.385. The molecule has 0 atom stereocenters. The highest BCUT2D eigenvalue weighted by Gasteiger charge is 2.09. The van der Waals surface area contributed by atoms with Gasteiger partial charge in [-0.1, -0.05) is 12.1 Å². The highest BCUT2D eigenvalue weighted by atomic mass is 16.5. The molecule has 0 radical (unpaired) electrons. The average Bonchev–Trinajstić information content (AvgIpc) is 2.95. The molecule has 2 aromatic rings. The Hall–Kier alpha value is -2.44. The highest BCUT2D eigenvalue weighted by Crippen LogP contribution is 2.10. The van der Waals surface area contributed by atoms with E-state index in [0.29, 0.717) is 17.2 Å². The lowest BCUT2D eigenvalue weighted by Crippen LogP contribution is -2.23. The Bertz CT molecular complexity index is 568. The summed E-state index contributed by atoms with van der Waals surface area (Å²) in [5.74, 6) is 0.949. The quantitative estimate of drug-likeness (QED) is 0.830. The van der Waals surface area contributed by atoms with Crippen molar-refractivity contribution < 1.29 is 9.32 Å². The minimum atomic E-state index is -0.195. The zero-order valence-electron chi connectivity index (χ0n) is 11.5. The first-order valence-electron chi connectivity index (χ1n) is 6.45. The molecular formula is C13H17N5O2. The van der Waals surface area contributed by atoms with E-state index in [-0.39, 0.29) is 12.5 Å². The maximum absolute atomic E-state index is 12.1. The Morgan fingerprint density at radius 3 is 2.95 bits per heavy atom. The van der Waals surface area contributed by atoms with Gasteiger partial charge in [-0.25, -0.2) is 4.98 Å². The summed E-state index contributed by atoms with van der Waals surface area (Å²) in [4.78, 5) is 20.2. The Kier molecular flexibility index (Phi) is 4.65. The summed E-state index contributed by atoms with van der Waals surface area (Å²) in [7, 11) is 0. The Morgan fingerprint density at radius 2 is 2.25 bits per heavy atom. The average molecular weight is 275 g/mol. The summed E-state index contributed by atoms with van der Waals surface area (Å²) in [6, 6.07) is 3.47. The lowest BCUT2D eigenvalue weighted by Gasteiger charge is -2.08. The molecule has 0 bridgehead atoms. The van der Waals surface area contributed by atoms with Crippen LogP contribution in [0.4, 0.5) is 5.82 Å². The normalized spacial score (nSPS) is 10.3. The van der Waals surface area contributed by atoms with Crippen LogP contribution in [0.15, 0.2) is 23.0 Å². The van der Waals surface area contributed by atoms with Gasteiger partial charge in [0.1, 0.15) is 5.82 Å². The number of hydrogen-bond donors (Lipinski definition) is 2. The fourth-order valence-electron chi connectivity index (χ4n) is 1.67. The van der Waals surface area contributed by atoms with E-state index < -0.39 is 0 Å². The molecule has 2 aromatic heterocycles. The largest absolute Gasteiger partial charge is 0.370 e. The number of aryl methyl sites for hydroxylation is 1. The number of nitrogens with one attached hydrogen (secondary N) is 2. The van der Waals surface area contributed by atoms with Gasteiger partial charge in [0, 0.05) is 17.8 Å². The smallest absolute Gasteiger partial charge is 0.251 e. The van der Waals surface area contributed by atoms with Crippen LogP contribution in [-0.2, 0) is 6.54 Å². The second kappa shape index (κ2) is 6.65. The number of anilines is 1. The Morgan fingerprint density at radius 1 is 1.40 bits per heavy atom. The van der Waals surface area contributed by atoms with Crippen molar-refractivity contribution in [2.75, 3.05) is 11.9 Å². The third kappa shape index (κ3) is 3.78. The van der Waals surface area contributed by atoms with Gasteiger partial charge in [0.05, 0.1) is 6.54 Å². The number of amides is 1. The van der Waals surface area contributed by atoms with E-state index in [9.17, 15) is 4.79 Å². The maximum Gasteiger partial charge on any atom is 0.251 e. The summed E-state index contributed by atoms with van der Waals surface area (Å²) in [5.41, 5.74) is 1.34. The van der Waals surface area contributed by atoms with Crippen molar-refractivity contribution in [3.63, 3.8) is 0 Å². The Labute approximate surface area is 116 Å². The molecule has 0 aromatic carbocycles. The first kappa shape index (κ1) is 14.0. The van der Waals surface area contributed by atoms with E-state index >= 15 is 0 Å². The van der Waals surface area contributed by atoms with Crippen molar-refractivity contribution in [1.82, 2.24) is 20.4 Å². The number of hydrogen-bond acceptors (Lipinski definition) is 6. The predicted octanol–water partition coefficient (Wildman–Crippen LogP) is 1.52. The van der Waals surface area contributed by atoms with Crippen LogP contribution in [0.1, 0.15) is 35.2 Å². The first-order valence-corrected chi connectivity index (χ1v) is 6.45. The summed E-state index contributed by atoms with van der Waals surface area (Å²) >= 11 is 0. The second-order valence-electron chi connectivity index (χ2n) is 4.34. The standard InChI is InChI=1S/C13H17N5O2/c1-3-4-14-11-6-10(5-9(2)17-11)13(19)15-7-12-16-8-20-18-12/h5-6,8H,3-4,7H2,1-2H3,(H,14,17)(H,15,19).